The van der Waals surface area contributed by atoms with Gasteiger partial charge in [0.1, 0.15) is 6.04 Å². The summed E-state index contributed by atoms with van der Waals surface area (Å²) < 4.78 is 0. The molecule has 2 rings (SSSR count). The molecule has 0 bridgehead atoms. The van der Waals surface area contributed by atoms with Crippen molar-refractivity contribution >= 4 is 23.2 Å². The first-order chi connectivity index (χ1) is 10.9. The maximum atomic E-state index is 12.8. The van der Waals surface area contributed by atoms with Crippen molar-refractivity contribution in [3.8, 4) is 0 Å². The van der Waals surface area contributed by atoms with Crippen LogP contribution in [0.2, 0.25) is 0 Å². The molecule has 128 valence electrons. The number of carbonyl (C=O) groups excluding carboxylic acids is 2. The fourth-order valence-electron chi connectivity index (χ4n) is 2.79. The van der Waals surface area contributed by atoms with Crippen molar-refractivity contribution in [1.82, 2.24) is 15.1 Å². The fourth-order valence-corrected chi connectivity index (χ4v) is 3.42. The molecular weight excluding hydrogens is 310 g/mol. The molecule has 0 aromatic carbocycles. The zero-order valence-electron chi connectivity index (χ0n) is 14.4. The summed E-state index contributed by atoms with van der Waals surface area (Å²) in [6, 6.07) is 3.67. The molecule has 1 aromatic heterocycles. The van der Waals surface area contributed by atoms with Crippen LogP contribution in [-0.2, 0) is 4.79 Å². The van der Waals surface area contributed by atoms with E-state index in [2.05, 4.69) is 24.1 Å². The number of nitrogens with one attached hydrogen (secondary N) is 1. The Morgan fingerprint density at radius 3 is 2.26 bits per heavy atom. The zero-order chi connectivity index (χ0) is 17.0. The lowest BCUT2D eigenvalue weighted by Gasteiger charge is -2.38. The highest BCUT2D eigenvalue weighted by atomic mass is 32.1. The molecule has 1 aliphatic heterocycles. The van der Waals surface area contributed by atoms with E-state index < -0.39 is 6.04 Å². The smallest absolute Gasteiger partial charge is 0.262 e. The van der Waals surface area contributed by atoms with Gasteiger partial charge in [-0.3, -0.25) is 14.5 Å². The number of hydrogen-bond acceptors (Lipinski definition) is 4. The standard InChI is InChI=1S/C17H27N3O2S/c1-12(2)15(18-16(21)14-6-5-11-23-14)17(22)20-9-7-19(8-10-20)13(3)4/h5-6,11-13,15H,7-10H2,1-4H3,(H,18,21). The van der Waals surface area contributed by atoms with Crippen molar-refractivity contribution in [3.63, 3.8) is 0 Å². The molecule has 1 aromatic rings. The molecule has 1 atom stereocenters. The SMILES string of the molecule is CC(C)C(NC(=O)c1cccs1)C(=O)N1CCN(C(C)C)CC1. The number of piperazine rings is 1. The molecule has 5 nitrogen and oxygen atoms in total. The highest BCUT2D eigenvalue weighted by Crippen LogP contribution is 2.14. The number of nitrogens with zero attached hydrogens (tertiary/aromatic N) is 2. The van der Waals surface area contributed by atoms with Crippen molar-refractivity contribution < 1.29 is 9.59 Å². The van der Waals surface area contributed by atoms with Crippen LogP contribution in [0.15, 0.2) is 17.5 Å². The maximum absolute atomic E-state index is 12.8. The van der Waals surface area contributed by atoms with E-state index in [9.17, 15) is 9.59 Å². The van der Waals surface area contributed by atoms with Gasteiger partial charge in [0.05, 0.1) is 4.88 Å². The summed E-state index contributed by atoms with van der Waals surface area (Å²) >= 11 is 1.39. The fraction of sp³-hybridized carbons (Fsp3) is 0.647. The summed E-state index contributed by atoms with van der Waals surface area (Å²) in [6.07, 6.45) is 0. The largest absolute Gasteiger partial charge is 0.339 e. The van der Waals surface area contributed by atoms with Gasteiger partial charge in [-0.25, -0.2) is 0 Å². The summed E-state index contributed by atoms with van der Waals surface area (Å²) in [5, 5.41) is 4.78. The first-order valence-corrected chi connectivity index (χ1v) is 9.15. The van der Waals surface area contributed by atoms with Crippen LogP contribution in [0, 0.1) is 5.92 Å². The normalized spacial score (nSPS) is 17.6. The Balaban J connectivity index is 1.98. The predicted octanol–water partition coefficient (Wildman–Crippen LogP) is 2.06. The van der Waals surface area contributed by atoms with Gasteiger partial charge in [0.25, 0.3) is 5.91 Å². The van der Waals surface area contributed by atoms with Crippen molar-refractivity contribution in [1.29, 1.82) is 0 Å². The summed E-state index contributed by atoms with van der Waals surface area (Å²) in [5.41, 5.74) is 0. The maximum Gasteiger partial charge on any atom is 0.262 e. The van der Waals surface area contributed by atoms with Gasteiger partial charge in [0, 0.05) is 32.2 Å². The minimum Gasteiger partial charge on any atom is -0.339 e. The molecule has 0 saturated carbocycles. The summed E-state index contributed by atoms with van der Waals surface area (Å²) in [5.74, 6) is -0.0595. The second kappa shape index (κ2) is 7.93. The van der Waals surface area contributed by atoms with Gasteiger partial charge in [-0.1, -0.05) is 19.9 Å². The van der Waals surface area contributed by atoms with E-state index in [0.717, 1.165) is 26.2 Å². The van der Waals surface area contributed by atoms with E-state index in [1.807, 2.05) is 30.2 Å². The molecule has 1 fully saturated rings. The van der Waals surface area contributed by atoms with Gasteiger partial charge in [-0.2, -0.15) is 0 Å². The van der Waals surface area contributed by atoms with E-state index in [4.69, 9.17) is 0 Å². The highest BCUT2D eigenvalue weighted by molar-refractivity contribution is 7.12. The third-order valence-corrected chi connectivity index (χ3v) is 5.19. The molecule has 23 heavy (non-hydrogen) atoms. The van der Waals surface area contributed by atoms with Crippen LogP contribution in [0.1, 0.15) is 37.4 Å². The van der Waals surface area contributed by atoms with Crippen LogP contribution >= 0.6 is 11.3 Å². The van der Waals surface area contributed by atoms with Crippen LogP contribution in [0.5, 0.6) is 0 Å². The minimum absolute atomic E-state index is 0.0355. The number of rotatable bonds is 5. The molecule has 0 radical (unpaired) electrons. The Morgan fingerprint density at radius 1 is 1.13 bits per heavy atom. The van der Waals surface area contributed by atoms with Gasteiger partial charge in [0.2, 0.25) is 5.91 Å². The molecule has 2 amide bonds. The lowest BCUT2D eigenvalue weighted by molar-refractivity contribution is -0.136. The van der Waals surface area contributed by atoms with Crippen molar-refractivity contribution in [2.75, 3.05) is 26.2 Å². The monoisotopic (exact) mass is 337 g/mol. The number of carbonyl (C=O) groups is 2. The Hall–Kier alpha value is -1.40. The third-order valence-electron chi connectivity index (χ3n) is 4.32. The van der Waals surface area contributed by atoms with Gasteiger partial charge in [-0.15, -0.1) is 11.3 Å². The van der Waals surface area contributed by atoms with Crippen LogP contribution in [0.25, 0.3) is 0 Å². The van der Waals surface area contributed by atoms with Crippen molar-refractivity contribution in [3.05, 3.63) is 22.4 Å². The van der Waals surface area contributed by atoms with Crippen molar-refractivity contribution in [2.45, 2.75) is 39.8 Å². The van der Waals surface area contributed by atoms with Crippen LogP contribution < -0.4 is 5.32 Å². The number of hydrogen-bond donors (Lipinski definition) is 1. The van der Waals surface area contributed by atoms with E-state index in [1.54, 1.807) is 6.07 Å². The molecule has 6 heteroatoms. The van der Waals surface area contributed by atoms with E-state index >= 15 is 0 Å². The third kappa shape index (κ3) is 4.54. The van der Waals surface area contributed by atoms with Gasteiger partial charge >= 0.3 is 0 Å². The molecule has 1 unspecified atom stereocenters. The van der Waals surface area contributed by atoms with E-state index in [1.165, 1.54) is 11.3 Å². The Labute approximate surface area is 142 Å². The zero-order valence-corrected chi connectivity index (χ0v) is 15.2. The summed E-state index contributed by atoms with van der Waals surface area (Å²) in [6.45, 7) is 11.6. The second-order valence-corrected chi connectivity index (χ2v) is 7.58. The predicted molar refractivity (Wildman–Crippen MR) is 93.7 cm³/mol. The lowest BCUT2D eigenvalue weighted by atomic mass is 10.0. The van der Waals surface area contributed by atoms with Gasteiger partial charge in [-0.05, 0) is 31.2 Å². The first kappa shape index (κ1) is 17.9. The van der Waals surface area contributed by atoms with Crippen molar-refractivity contribution in [2.24, 2.45) is 5.92 Å². The molecular formula is C17H27N3O2S. The van der Waals surface area contributed by atoms with E-state index in [0.29, 0.717) is 10.9 Å². The highest BCUT2D eigenvalue weighted by Gasteiger charge is 2.31. The Morgan fingerprint density at radius 2 is 1.78 bits per heavy atom. The van der Waals surface area contributed by atoms with Crippen LogP contribution in [0.3, 0.4) is 0 Å². The Kier molecular flexibility index (Phi) is 6.18. The van der Waals surface area contributed by atoms with Crippen LogP contribution in [-0.4, -0.2) is 59.9 Å². The first-order valence-electron chi connectivity index (χ1n) is 8.27. The molecule has 1 aliphatic rings. The topological polar surface area (TPSA) is 52.7 Å². The van der Waals surface area contributed by atoms with Gasteiger partial charge < -0.3 is 10.2 Å². The summed E-state index contributed by atoms with van der Waals surface area (Å²) in [4.78, 5) is 30.0. The average molecular weight is 337 g/mol. The summed E-state index contributed by atoms with van der Waals surface area (Å²) in [7, 11) is 0. The minimum atomic E-state index is -0.463. The average Bonchev–Trinajstić information content (AvgIpc) is 3.06. The molecule has 0 aliphatic carbocycles. The Bertz CT molecular complexity index is 520. The number of amides is 2. The quantitative estimate of drug-likeness (QED) is 0.895. The molecule has 1 saturated heterocycles. The number of thiophene rings is 1. The van der Waals surface area contributed by atoms with Crippen LogP contribution in [0.4, 0.5) is 0 Å². The molecule has 1 N–H and O–H groups in total. The molecule has 2 heterocycles. The van der Waals surface area contributed by atoms with E-state index in [-0.39, 0.29) is 17.7 Å². The lowest BCUT2D eigenvalue weighted by Crippen LogP contribution is -2.57. The van der Waals surface area contributed by atoms with Gasteiger partial charge in [0.15, 0.2) is 0 Å². The second-order valence-electron chi connectivity index (χ2n) is 6.63. The molecule has 0 spiro atoms.